The number of anilines is 2. The summed E-state index contributed by atoms with van der Waals surface area (Å²) >= 11 is 6.46. The monoisotopic (exact) mass is 538 g/mol. The Morgan fingerprint density at radius 3 is 2.66 bits per heavy atom. The number of nitrogens with zero attached hydrogens (tertiary/aromatic N) is 5. The van der Waals surface area contributed by atoms with Gasteiger partial charge in [0.1, 0.15) is 5.75 Å². The molecule has 3 aliphatic rings. The van der Waals surface area contributed by atoms with Gasteiger partial charge in [0.05, 0.1) is 55.2 Å². The fraction of sp³-hybridized carbons (Fsp3) is 0.481. The van der Waals surface area contributed by atoms with Crippen molar-refractivity contribution in [1.82, 2.24) is 24.6 Å². The van der Waals surface area contributed by atoms with E-state index in [2.05, 4.69) is 20.4 Å². The summed E-state index contributed by atoms with van der Waals surface area (Å²) in [5.41, 5.74) is 2.93. The number of methoxy groups -OCH3 is 1. The Morgan fingerprint density at radius 2 is 1.95 bits per heavy atom. The third-order valence-electron chi connectivity index (χ3n) is 7.81. The third-order valence-corrected chi connectivity index (χ3v) is 8.08. The molecule has 1 spiro atoms. The molecule has 1 N–H and O–H groups in total. The quantitative estimate of drug-likeness (QED) is 0.494. The average Bonchev–Trinajstić information content (AvgIpc) is 3.44. The molecule has 0 unspecified atom stereocenters. The van der Waals surface area contributed by atoms with Crippen molar-refractivity contribution in [2.24, 2.45) is 5.41 Å². The number of carbonyl (C=O) groups excluding carboxylic acids is 1. The molecule has 3 fully saturated rings. The smallest absolute Gasteiger partial charge is 0.253 e. The largest absolute Gasteiger partial charge is 0.495 e. The van der Waals surface area contributed by atoms with Gasteiger partial charge in [-0.05, 0) is 43.9 Å². The normalized spacial score (nSPS) is 19.3. The van der Waals surface area contributed by atoms with Crippen LogP contribution in [0.3, 0.4) is 0 Å². The summed E-state index contributed by atoms with van der Waals surface area (Å²) in [6.45, 7) is 4.60. The number of carbonyl (C=O) groups is 1. The van der Waals surface area contributed by atoms with Gasteiger partial charge >= 0.3 is 0 Å². The fourth-order valence-electron chi connectivity index (χ4n) is 5.33. The number of amides is 1. The second kappa shape index (κ2) is 10.5. The van der Waals surface area contributed by atoms with Gasteiger partial charge in [0.2, 0.25) is 5.95 Å². The van der Waals surface area contributed by atoms with Crippen LogP contribution in [0.25, 0.3) is 11.3 Å². The molecule has 1 aromatic carbocycles. The highest BCUT2D eigenvalue weighted by Crippen LogP contribution is 2.39. The van der Waals surface area contributed by atoms with Crippen LogP contribution in [0.4, 0.5) is 11.6 Å². The molecule has 3 aliphatic heterocycles. The molecule has 38 heavy (non-hydrogen) atoms. The molecule has 200 valence electrons. The maximum Gasteiger partial charge on any atom is 0.253 e. The Morgan fingerprint density at radius 1 is 1.16 bits per heavy atom. The molecule has 3 saturated heterocycles. The number of aromatic nitrogens is 4. The molecule has 0 aliphatic carbocycles. The summed E-state index contributed by atoms with van der Waals surface area (Å²) in [6, 6.07) is 5.69. The highest BCUT2D eigenvalue weighted by atomic mass is 35.5. The summed E-state index contributed by atoms with van der Waals surface area (Å²) in [6.07, 6.45) is 9.14. The van der Waals surface area contributed by atoms with E-state index >= 15 is 0 Å². The van der Waals surface area contributed by atoms with E-state index in [0.717, 1.165) is 70.8 Å². The first-order valence-electron chi connectivity index (χ1n) is 13.0. The highest BCUT2D eigenvalue weighted by molar-refractivity contribution is 6.32. The fourth-order valence-corrected chi connectivity index (χ4v) is 5.53. The minimum absolute atomic E-state index is 0.0107. The number of benzene rings is 1. The molecule has 5 heterocycles. The number of piperidine rings is 1. The van der Waals surface area contributed by atoms with Gasteiger partial charge in [0, 0.05) is 49.0 Å². The zero-order valence-corrected chi connectivity index (χ0v) is 22.1. The Balaban J connectivity index is 1.17. The van der Waals surface area contributed by atoms with Crippen molar-refractivity contribution < 1.29 is 19.0 Å². The van der Waals surface area contributed by atoms with Crippen molar-refractivity contribution in [2.45, 2.75) is 31.7 Å². The number of likely N-dealkylation sites (tertiary alicyclic amines) is 1. The molecule has 1 amide bonds. The lowest BCUT2D eigenvalue weighted by Gasteiger charge is -2.47. The summed E-state index contributed by atoms with van der Waals surface area (Å²) in [5, 5.41) is 8.19. The summed E-state index contributed by atoms with van der Waals surface area (Å²) < 4.78 is 18.4. The van der Waals surface area contributed by atoms with Gasteiger partial charge in [-0.15, -0.1) is 0 Å². The molecule has 2 aromatic heterocycles. The Kier molecular flexibility index (Phi) is 6.94. The van der Waals surface area contributed by atoms with Gasteiger partial charge in [-0.3, -0.25) is 9.48 Å². The minimum Gasteiger partial charge on any atom is -0.495 e. The lowest BCUT2D eigenvalue weighted by atomic mass is 9.77. The predicted octanol–water partition coefficient (Wildman–Crippen LogP) is 4.35. The average molecular weight is 539 g/mol. The zero-order valence-electron chi connectivity index (χ0n) is 21.4. The van der Waals surface area contributed by atoms with Crippen molar-refractivity contribution >= 4 is 29.1 Å². The topological polar surface area (TPSA) is 104 Å². The van der Waals surface area contributed by atoms with Gasteiger partial charge in [0.25, 0.3) is 5.91 Å². The Labute approximate surface area is 226 Å². The second-order valence-electron chi connectivity index (χ2n) is 10.3. The maximum absolute atomic E-state index is 13.2. The first kappa shape index (κ1) is 25.1. The van der Waals surface area contributed by atoms with E-state index in [9.17, 15) is 4.79 Å². The third kappa shape index (κ3) is 4.95. The van der Waals surface area contributed by atoms with Gasteiger partial charge in [0.15, 0.2) is 0 Å². The van der Waals surface area contributed by atoms with Crippen LogP contribution >= 0.6 is 11.6 Å². The molecular formula is C27H31ClN6O4. The van der Waals surface area contributed by atoms with Crippen molar-refractivity contribution in [1.29, 1.82) is 0 Å². The van der Waals surface area contributed by atoms with Crippen LogP contribution in [-0.4, -0.2) is 77.2 Å². The van der Waals surface area contributed by atoms with Crippen LogP contribution in [0, 0.1) is 5.41 Å². The minimum atomic E-state index is 0.0107. The number of nitrogens with one attached hydrogen (secondary N) is 1. The first-order valence-corrected chi connectivity index (χ1v) is 13.4. The van der Waals surface area contributed by atoms with Crippen molar-refractivity contribution in [3.63, 3.8) is 0 Å². The molecular weight excluding hydrogens is 508 g/mol. The van der Waals surface area contributed by atoms with Gasteiger partial charge in [-0.2, -0.15) is 5.10 Å². The molecule has 6 rings (SSSR count). The van der Waals surface area contributed by atoms with E-state index in [1.165, 1.54) is 0 Å². The van der Waals surface area contributed by atoms with Crippen LogP contribution < -0.4 is 10.1 Å². The first-order chi connectivity index (χ1) is 18.5. The van der Waals surface area contributed by atoms with E-state index in [-0.39, 0.29) is 11.3 Å². The van der Waals surface area contributed by atoms with Crippen LogP contribution in [-0.2, 0) is 9.47 Å². The molecule has 0 radical (unpaired) electrons. The van der Waals surface area contributed by atoms with Crippen LogP contribution in [0.2, 0.25) is 5.02 Å². The van der Waals surface area contributed by atoms with Gasteiger partial charge in [-0.1, -0.05) is 11.6 Å². The van der Waals surface area contributed by atoms with E-state index in [1.807, 2.05) is 21.8 Å². The number of halogens is 1. The Bertz CT molecular complexity index is 1310. The highest BCUT2D eigenvalue weighted by Gasteiger charge is 2.42. The van der Waals surface area contributed by atoms with E-state index in [1.54, 1.807) is 31.6 Å². The number of hydrogen-bond acceptors (Lipinski definition) is 8. The lowest BCUT2D eigenvalue weighted by molar-refractivity contribution is -0.136. The maximum atomic E-state index is 13.2. The van der Waals surface area contributed by atoms with Gasteiger partial charge in [-0.25, -0.2) is 9.97 Å². The predicted molar refractivity (Wildman–Crippen MR) is 142 cm³/mol. The van der Waals surface area contributed by atoms with Crippen LogP contribution in [0.15, 0.2) is 36.8 Å². The van der Waals surface area contributed by atoms with E-state index in [0.29, 0.717) is 39.7 Å². The van der Waals surface area contributed by atoms with Gasteiger partial charge < -0.3 is 24.4 Å². The SMILES string of the molecule is COc1cc(C(=O)N2CCC3(CC2)COC3)ccc1Nc1ncc(Cl)c(-c2cnn(C3CCOCC3)c2)n1. The molecule has 0 saturated carbocycles. The Hall–Kier alpha value is -3.21. The van der Waals surface area contributed by atoms with E-state index in [4.69, 9.17) is 25.8 Å². The molecule has 11 heteroatoms. The van der Waals surface area contributed by atoms with Crippen LogP contribution in [0.5, 0.6) is 5.75 Å². The van der Waals surface area contributed by atoms with Crippen molar-refractivity contribution in [3.8, 4) is 17.0 Å². The van der Waals surface area contributed by atoms with Crippen molar-refractivity contribution in [3.05, 3.63) is 47.4 Å². The number of hydrogen-bond donors (Lipinski definition) is 1. The van der Waals surface area contributed by atoms with Crippen molar-refractivity contribution in [2.75, 3.05) is 51.9 Å². The zero-order chi connectivity index (χ0) is 26.1. The molecule has 0 bridgehead atoms. The summed E-state index contributed by atoms with van der Waals surface area (Å²) in [4.78, 5) is 24.1. The molecule has 10 nitrogen and oxygen atoms in total. The summed E-state index contributed by atoms with van der Waals surface area (Å²) in [7, 11) is 1.58. The second-order valence-corrected chi connectivity index (χ2v) is 10.7. The lowest BCUT2D eigenvalue weighted by Crippen LogP contribution is -2.52. The summed E-state index contributed by atoms with van der Waals surface area (Å²) in [5.74, 6) is 0.908. The van der Waals surface area contributed by atoms with Crippen LogP contribution in [0.1, 0.15) is 42.1 Å². The molecule has 0 atom stereocenters. The number of ether oxygens (including phenoxy) is 3. The molecule has 3 aromatic rings. The number of rotatable bonds is 6. The van der Waals surface area contributed by atoms with E-state index < -0.39 is 0 Å². The standard InChI is InChI=1S/C27H31ClN6O4/c1-36-23-12-18(25(35)33-8-6-27(7-9-33)16-38-17-27)2-3-22(23)31-26-29-14-21(28)24(32-26)19-13-30-34(15-19)20-4-10-37-11-5-20/h2-3,12-15,20H,4-11,16-17H2,1H3,(H,29,31,32).